The summed E-state index contributed by atoms with van der Waals surface area (Å²) in [5.74, 6) is -0.390. The summed E-state index contributed by atoms with van der Waals surface area (Å²) in [6.45, 7) is 4.24. The highest BCUT2D eigenvalue weighted by Crippen LogP contribution is 2.24. The first-order valence-corrected chi connectivity index (χ1v) is 5.88. The number of benzene rings is 1. The van der Waals surface area contributed by atoms with Crippen molar-refractivity contribution in [2.75, 3.05) is 13.2 Å². The Morgan fingerprint density at radius 3 is 2.95 bits per heavy atom. The fourth-order valence-corrected chi connectivity index (χ4v) is 1.52. The van der Waals surface area contributed by atoms with Gasteiger partial charge in [-0.3, -0.25) is 14.9 Å². The Balaban J connectivity index is 2.60. The second-order valence-corrected chi connectivity index (χ2v) is 3.98. The molecule has 0 saturated heterocycles. The minimum atomic E-state index is -0.628. The molecule has 0 aromatic heterocycles. The van der Waals surface area contributed by atoms with Crippen molar-refractivity contribution in [3.63, 3.8) is 0 Å². The average Bonchev–Trinajstić information content (AvgIpc) is 2.38. The van der Waals surface area contributed by atoms with E-state index in [4.69, 9.17) is 16.3 Å². The van der Waals surface area contributed by atoms with Crippen LogP contribution in [0.2, 0.25) is 5.02 Å². The molecule has 102 valence electrons. The molecule has 1 N–H and O–H groups in total. The maximum atomic E-state index is 11.7. The molecule has 0 unspecified atom stereocenters. The number of halogens is 1. The highest BCUT2D eigenvalue weighted by molar-refractivity contribution is 6.32. The van der Waals surface area contributed by atoms with Crippen molar-refractivity contribution in [3.05, 3.63) is 51.7 Å². The van der Waals surface area contributed by atoms with E-state index in [2.05, 4.69) is 11.9 Å². The number of amides is 1. The molecule has 1 amide bonds. The first-order valence-electron chi connectivity index (χ1n) is 5.51. The van der Waals surface area contributed by atoms with Gasteiger partial charge in [0.05, 0.1) is 17.8 Å². The topological polar surface area (TPSA) is 81.5 Å². The van der Waals surface area contributed by atoms with Crippen molar-refractivity contribution in [1.82, 2.24) is 5.32 Å². The summed E-state index contributed by atoms with van der Waals surface area (Å²) in [4.78, 5) is 21.8. The van der Waals surface area contributed by atoms with Gasteiger partial charge in [-0.2, -0.15) is 0 Å². The number of ether oxygens (including phenoxy) is 1. The molecule has 0 radical (unpaired) electrons. The maximum absolute atomic E-state index is 11.7. The van der Waals surface area contributed by atoms with Crippen LogP contribution in [0, 0.1) is 10.1 Å². The van der Waals surface area contributed by atoms with Gasteiger partial charge in [0, 0.05) is 18.2 Å². The third kappa shape index (κ3) is 4.59. The Labute approximate surface area is 115 Å². The Morgan fingerprint density at radius 1 is 1.58 bits per heavy atom. The molecule has 0 saturated carbocycles. The Kier molecular flexibility index (Phi) is 5.81. The van der Waals surface area contributed by atoms with Crippen LogP contribution in [0.25, 0.3) is 0 Å². The van der Waals surface area contributed by atoms with E-state index >= 15 is 0 Å². The van der Waals surface area contributed by atoms with Gasteiger partial charge >= 0.3 is 0 Å². The van der Waals surface area contributed by atoms with Gasteiger partial charge in [-0.15, -0.1) is 0 Å². The number of nitro groups is 1. The van der Waals surface area contributed by atoms with E-state index in [1.807, 2.05) is 0 Å². The number of rotatable bonds is 7. The van der Waals surface area contributed by atoms with Gasteiger partial charge in [0.25, 0.3) is 11.6 Å². The van der Waals surface area contributed by atoms with E-state index in [-0.39, 0.29) is 16.3 Å². The molecule has 1 aromatic carbocycles. The zero-order chi connectivity index (χ0) is 14.3. The van der Waals surface area contributed by atoms with Crippen LogP contribution in [0.15, 0.2) is 31.0 Å². The average molecular weight is 285 g/mol. The van der Waals surface area contributed by atoms with Crippen LogP contribution in [0.5, 0.6) is 0 Å². The van der Waals surface area contributed by atoms with E-state index in [1.54, 1.807) is 0 Å². The van der Waals surface area contributed by atoms with E-state index in [0.717, 1.165) is 6.07 Å². The Morgan fingerprint density at radius 2 is 2.32 bits per heavy atom. The van der Waals surface area contributed by atoms with Crippen LogP contribution in [0.1, 0.15) is 16.8 Å². The zero-order valence-corrected chi connectivity index (χ0v) is 10.9. The second kappa shape index (κ2) is 7.38. The van der Waals surface area contributed by atoms with E-state index in [1.165, 1.54) is 18.4 Å². The highest BCUT2D eigenvalue weighted by Gasteiger charge is 2.15. The lowest BCUT2D eigenvalue weighted by Crippen LogP contribution is -2.25. The van der Waals surface area contributed by atoms with E-state index < -0.39 is 10.8 Å². The normalized spacial score (nSPS) is 9.74. The summed E-state index contributed by atoms with van der Waals surface area (Å²) in [5.41, 5.74) is -0.0925. The predicted octanol–water partition coefficient (Wildman–Crippen LogP) is 2.53. The van der Waals surface area contributed by atoms with Gasteiger partial charge in [-0.25, -0.2) is 0 Å². The maximum Gasteiger partial charge on any atom is 0.288 e. The van der Waals surface area contributed by atoms with Crippen molar-refractivity contribution < 1.29 is 14.5 Å². The lowest BCUT2D eigenvalue weighted by atomic mass is 10.2. The smallest absolute Gasteiger partial charge is 0.288 e. The third-order valence-corrected chi connectivity index (χ3v) is 2.57. The molecule has 0 heterocycles. The molecule has 7 heteroatoms. The third-order valence-electron chi connectivity index (χ3n) is 2.25. The van der Waals surface area contributed by atoms with Crippen LogP contribution < -0.4 is 5.32 Å². The number of nitro benzene ring substituents is 1. The van der Waals surface area contributed by atoms with Crippen LogP contribution in [-0.2, 0) is 4.74 Å². The number of carbonyl (C=O) groups is 1. The monoisotopic (exact) mass is 284 g/mol. The van der Waals surface area contributed by atoms with E-state index in [9.17, 15) is 14.9 Å². The van der Waals surface area contributed by atoms with Crippen molar-refractivity contribution >= 4 is 23.2 Å². The predicted molar refractivity (Wildman–Crippen MR) is 71.2 cm³/mol. The summed E-state index contributed by atoms with van der Waals surface area (Å²) in [6, 6.07) is 3.91. The molecule has 1 aromatic rings. The summed E-state index contributed by atoms with van der Waals surface area (Å²) >= 11 is 5.66. The van der Waals surface area contributed by atoms with Gasteiger partial charge in [0.2, 0.25) is 0 Å². The largest absolute Gasteiger partial charge is 0.502 e. The first kappa shape index (κ1) is 15.0. The van der Waals surface area contributed by atoms with Gasteiger partial charge < -0.3 is 10.1 Å². The summed E-state index contributed by atoms with van der Waals surface area (Å²) in [6.07, 6.45) is 1.94. The molecule has 0 atom stereocenters. The van der Waals surface area contributed by atoms with E-state index in [0.29, 0.717) is 19.6 Å². The summed E-state index contributed by atoms with van der Waals surface area (Å²) < 4.78 is 4.89. The van der Waals surface area contributed by atoms with Crippen molar-refractivity contribution in [1.29, 1.82) is 0 Å². The molecule has 19 heavy (non-hydrogen) atoms. The molecule has 0 bridgehead atoms. The highest BCUT2D eigenvalue weighted by atomic mass is 35.5. The van der Waals surface area contributed by atoms with Crippen LogP contribution >= 0.6 is 11.6 Å². The number of carbonyl (C=O) groups excluding carboxylic acids is 1. The lowest BCUT2D eigenvalue weighted by molar-refractivity contribution is -0.384. The molecule has 0 fully saturated rings. The lowest BCUT2D eigenvalue weighted by Gasteiger charge is -2.05. The fourth-order valence-electron chi connectivity index (χ4n) is 1.34. The van der Waals surface area contributed by atoms with Gasteiger partial charge in [-0.05, 0) is 18.6 Å². The molecule has 6 nitrogen and oxygen atoms in total. The number of nitrogens with one attached hydrogen (secondary N) is 1. The van der Waals surface area contributed by atoms with Gasteiger partial charge in [0.15, 0.2) is 0 Å². The van der Waals surface area contributed by atoms with Crippen LogP contribution in [0.3, 0.4) is 0 Å². The van der Waals surface area contributed by atoms with Gasteiger partial charge in [0.1, 0.15) is 5.02 Å². The number of hydrogen-bond donors (Lipinski definition) is 1. The molecular formula is C12H13ClN2O4. The van der Waals surface area contributed by atoms with Crippen LogP contribution in [-0.4, -0.2) is 24.0 Å². The fraction of sp³-hybridized carbons (Fsp3) is 0.250. The molecule has 1 rings (SSSR count). The molecule has 0 spiro atoms. The zero-order valence-electron chi connectivity index (χ0n) is 10.1. The first-order chi connectivity index (χ1) is 9.06. The molecule has 0 aliphatic carbocycles. The molecular weight excluding hydrogens is 272 g/mol. The van der Waals surface area contributed by atoms with Gasteiger partial charge in [-0.1, -0.05) is 18.2 Å². The SMILES string of the molecule is C=COCCCNC(=O)c1ccc(Cl)c([N+](=O)[O-])c1. The minimum absolute atomic E-state index is 0.000864. The van der Waals surface area contributed by atoms with Crippen molar-refractivity contribution in [3.8, 4) is 0 Å². The quantitative estimate of drug-likeness (QED) is 0.361. The minimum Gasteiger partial charge on any atom is -0.502 e. The number of hydrogen-bond acceptors (Lipinski definition) is 4. The Hall–Kier alpha value is -2.08. The summed E-state index contributed by atoms with van der Waals surface area (Å²) in [7, 11) is 0. The molecule has 0 aliphatic rings. The van der Waals surface area contributed by atoms with Crippen LogP contribution in [0.4, 0.5) is 5.69 Å². The Bertz CT molecular complexity index is 491. The summed E-state index contributed by atoms with van der Waals surface area (Å²) in [5, 5.41) is 13.3. The number of nitrogens with zero attached hydrogens (tertiary/aromatic N) is 1. The standard InChI is InChI=1S/C12H13ClN2O4/c1-2-19-7-3-6-14-12(16)9-4-5-10(13)11(8-9)15(17)18/h2,4-5,8H,1,3,6-7H2,(H,14,16). The van der Waals surface area contributed by atoms with Crippen molar-refractivity contribution in [2.24, 2.45) is 0 Å². The molecule has 0 aliphatic heterocycles. The second-order valence-electron chi connectivity index (χ2n) is 3.57. The van der Waals surface area contributed by atoms with Crippen molar-refractivity contribution in [2.45, 2.75) is 6.42 Å².